The number of hydrogen-bond donors (Lipinski definition) is 0. The molecule has 0 bridgehead atoms. The molecule has 0 aliphatic carbocycles. The van der Waals surface area contributed by atoms with Crippen molar-refractivity contribution in [3.63, 3.8) is 0 Å². The second kappa shape index (κ2) is 6.07. The van der Waals surface area contributed by atoms with Gasteiger partial charge in [-0.05, 0) is 36.4 Å². The number of rotatable bonds is 5. The zero-order valence-corrected chi connectivity index (χ0v) is 11.5. The average Bonchev–Trinajstić information content (AvgIpc) is 2.40. The van der Waals surface area contributed by atoms with E-state index in [-0.39, 0.29) is 0 Å². The van der Waals surface area contributed by atoms with Gasteiger partial charge in [-0.15, -0.1) is 0 Å². The van der Waals surface area contributed by atoms with Crippen molar-refractivity contribution in [3.8, 4) is 11.5 Å². The standard InChI is InChI=1S/C15H16O2Si/c1-13(2)18(16-14-9-5-3-6-10-14)17-15-11-7-4-8-12-15/h3-12,18H,1H2,2H3. The lowest BCUT2D eigenvalue weighted by Gasteiger charge is -2.18. The molecular weight excluding hydrogens is 240 g/mol. The van der Waals surface area contributed by atoms with Crippen molar-refractivity contribution in [3.05, 3.63) is 72.4 Å². The first-order valence-corrected chi connectivity index (χ1v) is 7.36. The molecule has 0 spiro atoms. The lowest BCUT2D eigenvalue weighted by Crippen LogP contribution is -2.31. The second-order valence-corrected chi connectivity index (χ2v) is 6.16. The Morgan fingerprint density at radius 3 is 1.56 bits per heavy atom. The van der Waals surface area contributed by atoms with Crippen LogP contribution in [0.3, 0.4) is 0 Å². The lowest BCUT2D eigenvalue weighted by molar-refractivity contribution is 0.433. The van der Waals surface area contributed by atoms with E-state index < -0.39 is 9.28 Å². The minimum Gasteiger partial charge on any atom is -0.511 e. The summed E-state index contributed by atoms with van der Waals surface area (Å²) in [4.78, 5) is 0. The fraction of sp³-hybridized carbons (Fsp3) is 0.0667. The first kappa shape index (κ1) is 12.5. The van der Waals surface area contributed by atoms with E-state index in [2.05, 4.69) is 6.58 Å². The van der Waals surface area contributed by atoms with E-state index in [0.29, 0.717) is 0 Å². The summed E-state index contributed by atoms with van der Waals surface area (Å²) < 4.78 is 11.8. The van der Waals surface area contributed by atoms with Crippen LogP contribution < -0.4 is 8.85 Å². The van der Waals surface area contributed by atoms with Crippen molar-refractivity contribution >= 4 is 9.28 Å². The molecule has 2 aromatic rings. The van der Waals surface area contributed by atoms with E-state index in [1.54, 1.807) is 0 Å². The van der Waals surface area contributed by atoms with Gasteiger partial charge >= 0.3 is 9.28 Å². The van der Waals surface area contributed by atoms with Gasteiger partial charge in [-0.25, -0.2) is 0 Å². The molecule has 0 unspecified atom stereocenters. The molecule has 0 saturated heterocycles. The Morgan fingerprint density at radius 2 is 1.22 bits per heavy atom. The molecule has 0 N–H and O–H groups in total. The zero-order chi connectivity index (χ0) is 12.8. The van der Waals surface area contributed by atoms with Crippen molar-refractivity contribution in [1.82, 2.24) is 0 Å². The van der Waals surface area contributed by atoms with Crippen molar-refractivity contribution < 1.29 is 8.85 Å². The van der Waals surface area contributed by atoms with Gasteiger partial charge in [0.05, 0.1) is 0 Å². The first-order valence-electron chi connectivity index (χ1n) is 5.84. The van der Waals surface area contributed by atoms with Gasteiger partial charge in [-0.3, -0.25) is 0 Å². The maximum absolute atomic E-state index is 5.90. The summed E-state index contributed by atoms with van der Waals surface area (Å²) in [6, 6.07) is 19.4. The number of benzene rings is 2. The van der Waals surface area contributed by atoms with Crippen LogP contribution >= 0.6 is 0 Å². The molecule has 0 atom stereocenters. The number of allylic oxidation sites excluding steroid dienone is 1. The van der Waals surface area contributed by atoms with Crippen LogP contribution in [0.4, 0.5) is 0 Å². The highest BCUT2D eigenvalue weighted by Crippen LogP contribution is 2.16. The summed E-state index contributed by atoms with van der Waals surface area (Å²) in [5.41, 5.74) is 0. The van der Waals surface area contributed by atoms with Gasteiger partial charge in [0.2, 0.25) is 0 Å². The minimum absolute atomic E-state index is 0.827. The average molecular weight is 256 g/mol. The van der Waals surface area contributed by atoms with Crippen molar-refractivity contribution in [2.24, 2.45) is 0 Å². The maximum atomic E-state index is 5.90. The van der Waals surface area contributed by atoms with Gasteiger partial charge in [0.15, 0.2) is 0 Å². The highest BCUT2D eigenvalue weighted by atomic mass is 28.3. The third kappa shape index (κ3) is 3.50. The Balaban J connectivity index is 2.08. The highest BCUT2D eigenvalue weighted by Gasteiger charge is 2.18. The summed E-state index contributed by atoms with van der Waals surface area (Å²) in [7, 11) is -1.95. The molecule has 3 heteroatoms. The van der Waals surface area contributed by atoms with E-state index in [0.717, 1.165) is 16.7 Å². The predicted molar refractivity (Wildman–Crippen MR) is 76.1 cm³/mol. The fourth-order valence-electron chi connectivity index (χ4n) is 1.47. The molecule has 0 fully saturated rings. The Labute approximate surface area is 109 Å². The summed E-state index contributed by atoms with van der Waals surface area (Å²) in [6.45, 7) is 5.91. The molecule has 0 amide bonds. The lowest BCUT2D eigenvalue weighted by atomic mass is 10.3. The number of para-hydroxylation sites is 2. The van der Waals surface area contributed by atoms with Crippen LogP contribution in [0.5, 0.6) is 11.5 Å². The molecule has 92 valence electrons. The van der Waals surface area contributed by atoms with E-state index in [1.807, 2.05) is 67.6 Å². The van der Waals surface area contributed by atoms with Gasteiger partial charge in [-0.1, -0.05) is 43.0 Å². The van der Waals surface area contributed by atoms with Crippen LogP contribution in [-0.2, 0) is 0 Å². The van der Waals surface area contributed by atoms with Crippen molar-refractivity contribution in [2.75, 3.05) is 0 Å². The van der Waals surface area contributed by atoms with Gasteiger partial charge < -0.3 is 8.85 Å². The third-order valence-electron chi connectivity index (χ3n) is 2.38. The normalized spacial score (nSPS) is 10.1. The van der Waals surface area contributed by atoms with E-state index in [4.69, 9.17) is 8.85 Å². The molecule has 0 aromatic heterocycles. The molecule has 0 aliphatic rings. The van der Waals surface area contributed by atoms with Crippen LogP contribution in [0.15, 0.2) is 72.4 Å². The van der Waals surface area contributed by atoms with Crippen LogP contribution in [0.2, 0.25) is 0 Å². The van der Waals surface area contributed by atoms with Crippen LogP contribution in [-0.4, -0.2) is 9.28 Å². The monoisotopic (exact) mass is 256 g/mol. The molecule has 0 heterocycles. The summed E-state index contributed by atoms with van der Waals surface area (Å²) in [5.74, 6) is 1.65. The summed E-state index contributed by atoms with van der Waals surface area (Å²) in [5, 5.41) is 0.961. The smallest absolute Gasteiger partial charge is 0.474 e. The second-order valence-electron chi connectivity index (χ2n) is 4.04. The SMILES string of the molecule is C=C(C)[SiH](Oc1ccccc1)Oc1ccccc1. The summed E-state index contributed by atoms with van der Waals surface area (Å²) in [6.07, 6.45) is 0. The topological polar surface area (TPSA) is 18.5 Å². The summed E-state index contributed by atoms with van der Waals surface area (Å²) >= 11 is 0. The predicted octanol–water partition coefficient (Wildman–Crippen LogP) is 3.48. The van der Waals surface area contributed by atoms with Crippen molar-refractivity contribution in [1.29, 1.82) is 0 Å². The molecule has 0 saturated carbocycles. The molecule has 0 radical (unpaired) electrons. The van der Waals surface area contributed by atoms with E-state index in [9.17, 15) is 0 Å². The van der Waals surface area contributed by atoms with E-state index in [1.165, 1.54) is 0 Å². The molecule has 2 rings (SSSR count). The molecule has 2 aromatic carbocycles. The largest absolute Gasteiger partial charge is 0.511 e. The van der Waals surface area contributed by atoms with Gasteiger partial charge in [0.1, 0.15) is 11.5 Å². The Bertz CT molecular complexity index is 455. The van der Waals surface area contributed by atoms with Crippen LogP contribution in [0, 0.1) is 0 Å². The van der Waals surface area contributed by atoms with Crippen molar-refractivity contribution in [2.45, 2.75) is 6.92 Å². The molecule has 2 nitrogen and oxygen atoms in total. The number of hydrogen-bond acceptors (Lipinski definition) is 2. The fourth-order valence-corrected chi connectivity index (χ4v) is 2.73. The maximum Gasteiger partial charge on any atom is 0.474 e. The third-order valence-corrected chi connectivity index (χ3v) is 4.15. The van der Waals surface area contributed by atoms with Gasteiger partial charge in [0, 0.05) is 0 Å². The zero-order valence-electron chi connectivity index (χ0n) is 10.4. The van der Waals surface area contributed by atoms with Gasteiger partial charge in [0.25, 0.3) is 0 Å². The minimum atomic E-state index is -1.95. The van der Waals surface area contributed by atoms with E-state index >= 15 is 0 Å². The molecule has 0 aliphatic heterocycles. The molecular formula is C15H16O2Si. The van der Waals surface area contributed by atoms with Crippen LogP contribution in [0.1, 0.15) is 6.92 Å². The van der Waals surface area contributed by atoms with Crippen LogP contribution in [0.25, 0.3) is 0 Å². The van der Waals surface area contributed by atoms with Gasteiger partial charge in [-0.2, -0.15) is 0 Å². The Morgan fingerprint density at radius 1 is 0.833 bits per heavy atom. The Hall–Kier alpha value is -2.00. The first-order chi connectivity index (χ1) is 8.75. The highest BCUT2D eigenvalue weighted by molar-refractivity contribution is 6.54. The molecule has 18 heavy (non-hydrogen) atoms. The Kier molecular flexibility index (Phi) is 4.20. The quantitative estimate of drug-likeness (QED) is 0.763.